The van der Waals surface area contributed by atoms with E-state index in [1.807, 2.05) is 0 Å². The molecular weight excluding hydrogens is 631 g/mol. The molecule has 0 radical (unpaired) electrons. The third kappa shape index (κ3) is 5.12. The summed E-state index contributed by atoms with van der Waals surface area (Å²) in [7, 11) is 0. The van der Waals surface area contributed by atoms with E-state index in [1.54, 1.807) is 0 Å². The lowest BCUT2D eigenvalue weighted by molar-refractivity contribution is 0.673. The van der Waals surface area contributed by atoms with Crippen LogP contribution in [0.1, 0.15) is 0 Å². The van der Waals surface area contributed by atoms with Crippen LogP contribution < -0.4 is 4.90 Å². The quantitative estimate of drug-likeness (QED) is 0.176. The number of hydrogen-bond acceptors (Lipinski definition) is 2. The molecule has 0 aliphatic rings. The van der Waals surface area contributed by atoms with Gasteiger partial charge in [-0.1, -0.05) is 152 Å². The van der Waals surface area contributed by atoms with Crippen LogP contribution in [0.15, 0.2) is 205 Å². The molecule has 0 unspecified atom stereocenters. The maximum atomic E-state index is 6.56. The predicted octanol–water partition coefficient (Wildman–Crippen LogP) is 14.4. The van der Waals surface area contributed by atoms with Crippen molar-refractivity contribution in [3.63, 3.8) is 0 Å². The van der Waals surface area contributed by atoms with E-state index in [0.717, 1.165) is 55.5 Å². The zero-order valence-corrected chi connectivity index (χ0v) is 28.4. The van der Waals surface area contributed by atoms with Crippen LogP contribution in [0, 0.1) is 0 Å². The Morgan fingerprint density at radius 1 is 0.327 bits per heavy atom. The molecule has 0 amide bonds. The summed E-state index contributed by atoms with van der Waals surface area (Å²) >= 11 is 0. The lowest BCUT2D eigenvalue weighted by Gasteiger charge is -2.27. The Morgan fingerprint density at radius 2 is 0.923 bits per heavy atom. The molecule has 0 aliphatic heterocycles. The number of hydrogen-bond donors (Lipinski definition) is 0. The smallest absolute Gasteiger partial charge is 0.143 e. The highest BCUT2D eigenvalue weighted by Gasteiger charge is 2.18. The number of rotatable bonds is 6. The lowest BCUT2D eigenvalue weighted by Crippen LogP contribution is -2.10. The van der Waals surface area contributed by atoms with Crippen LogP contribution in [0.25, 0.3) is 76.9 Å². The first-order valence-electron chi connectivity index (χ1n) is 17.8. The fourth-order valence-corrected chi connectivity index (χ4v) is 7.78. The molecule has 10 aromatic rings. The number of anilines is 3. The van der Waals surface area contributed by atoms with Crippen molar-refractivity contribution >= 4 is 60.5 Å². The Kier molecular flexibility index (Phi) is 7.18. The Morgan fingerprint density at radius 3 is 1.73 bits per heavy atom. The van der Waals surface area contributed by atoms with Gasteiger partial charge < -0.3 is 9.32 Å². The van der Waals surface area contributed by atoms with Crippen molar-refractivity contribution in [1.29, 1.82) is 0 Å². The predicted molar refractivity (Wildman–Crippen MR) is 220 cm³/mol. The van der Waals surface area contributed by atoms with Crippen LogP contribution in [-0.4, -0.2) is 0 Å². The van der Waals surface area contributed by atoms with Crippen molar-refractivity contribution in [2.75, 3.05) is 4.90 Å². The van der Waals surface area contributed by atoms with E-state index < -0.39 is 0 Å². The molecule has 2 nitrogen and oxygen atoms in total. The molecule has 0 saturated heterocycles. The summed E-state index contributed by atoms with van der Waals surface area (Å²) in [5, 5.41) is 7.08. The van der Waals surface area contributed by atoms with Crippen LogP contribution in [0.3, 0.4) is 0 Å². The van der Waals surface area contributed by atoms with E-state index in [0.29, 0.717) is 0 Å². The van der Waals surface area contributed by atoms with Gasteiger partial charge in [0.05, 0.1) is 0 Å². The van der Waals surface area contributed by atoms with Crippen LogP contribution in [0.4, 0.5) is 17.1 Å². The molecule has 0 saturated carbocycles. The summed E-state index contributed by atoms with van der Waals surface area (Å²) in [6, 6.07) is 71.7. The van der Waals surface area contributed by atoms with Gasteiger partial charge in [0.25, 0.3) is 0 Å². The molecule has 9 aromatic carbocycles. The highest BCUT2D eigenvalue weighted by molar-refractivity contribution is 6.19. The summed E-state index contributed by atoms with van der Waals surface area (Å²) in [6.07, 6.45) is 0. The van der Waals surface area contributed by atoms with Gasteiger partial charge >= 0.3 is 0 Å². The molecule has 0 atom stereocenters. The van der Waals surface area contributed by atoms with E-state index in [9.17, 15) is 0 Å². The standard InChI is InChI=1S/C50H33NO/c1-2-12-34(13-3-1)38-17-8-19-41(32-38)51(40-29-26-37(27-30-40)44-23-10-16-35-14-4-6-21-43(35)44)42-20-9-18-39(33-42)45-24-11-25-48-49(45)47-31-28-36-15-5-7-22-46(36)50(47)52-48/h1-33H. The third-order valence-electron chi connectivity index (χ3n) is 10.2. The Labute approximate surface area is 302 Å². The van der Waals surface area contributed by atoms with Crippen LogP contribution in [-0.2, 0) is 0 Å². The van der Waals surface area contributed by atoms with Crippen molar-refractivity contribution in [2.45, 2.75) is 0 Å². The topological polar surface area (TPSA) is 16.4 Å². The normalized spacial score (nSPS) is 11.5. The third-order valence-corrected chi connectivity index (χ3v) is 10.2. The maximum absolute atomic E-state index is 6.56. The van der Waals surface area contributed by atoms with Crippen LogP contribution in [0.2, 0.25) is 0 Å². The Balaban J connectivity index is 1.13. The molecule has 0 bridgehead atoms. The molecule has 1 heterocycles. The molecule has 0 fully saturated rings. The zero-order chi connectivity index (χ0) is 34.4. The second-order valence-corrected chi connectivity index (χ2v) is 13.3. The minimum Gasteiger partial charge on any atom is -0.455 e. The van der Waals surface area contributed by atoms with Gasteiger partial charge in [-0.15, -0.1) is 0 Å². The average molecular weight is 664 g/mol. The van der Waals surface area contributed by atoms with E-state index in [4.69, 9.17) is 4.42 Å². The molecule has 10 rings (SSSR count). The summed E-state index contributed by atoms with van der Waals surface area (Å²) in [4.78, 5) is 2.37. The van der Waals surface area contributed by atoms with E-state index in [2.05, 4.69) is 205 Å². The molecule has 52 heavy (non-hydrogen) atoms. The second-order valence-electron chi connectivity index (χ2n) is 13.3. The summed E-state index contributed by atoms with van der Waals surface area (Å²) < 4.78 is 6.56. The van der Waals surface area contributed by atoms with Gasteiger partial charge in [0.2, 0.25) is 0 Å². The minimum atomic E-state index is 0.894. The van der Waals surface area contributed by atoms with Gasteiger partial charge in [-0.25, -0.2) is 0 Å². The molecule has 0 spiro atoms. The molecule has 0 N–H and O–H groups in total. The first-order chi connectivity index (χ1) is 25.8. The van der Waals surface area contributed by atoms with Gasteiger partial charge in [0, 0.05) is 33.2 Å². The van der Waals surface area contributed by atoms with Gasteiger partial charge in [0.15, 0.2) is 0 Å². The number of nitrogens with zero attached hydrogens (tertiary/aromatic N) is 1. The van der Waals surface area contributed by atoms with E-state index >= 15 is 0 Å². The van der Waals surface area contributed by atoms with Crippen molar-refractivity contribution < 1.29 is 4.42 Å². The lowest BCUT2D eigenvalue weighted by atomic mass is 9.97. The van der Waals surface area contributed by atoms with Crippen molar-refractivity contribution in [2.24, 2.45) is 0 Å². The minimum absolute atomic E-state index is 0.894. The summed E-state index contributed by atoms with van der Waals surface area (Å²) in [5.41, 5.74) is 12.2. The molecule has 1 aromatic heterocycles. The SMILES string of the molecule is c1ccc(-c2cccc(N(c3ccc(-c4cccc5ccccc45)cc3)c3cccc(-c4cccc5oc6c7ccccc7ccc6c45)c3)c2)cc1. The first kappa shape index (κ1) is 30.0. The number of furan rings is 1. The molecule has 0 aliphatic carbocycles. The second kappa shape index (κ2) is 12.5. The van der Waals surface area contributed by atoms with Gasteiger partial charge in [0.1, 0.15) is 11.2 Å². The highest BCUT2D eigenvalue weighted by atomic mass is 16.3. The van der Waals surface area contributed by atoms with Crippen LogP contribution >= 0.6 is 0 Å². The Bertz CT molecular complexity index is 2900. The molecule has 244 valence electrons. The average Bonchev–Trinajstić information content (AvgIpc) is 3.61. The fraction of sp³-hybridized carbons (Fsp3) is 0. The highest BCUT2D eigenvalue weighted by Crippen LogP contribution is 2.43. The molecular formula is C50H33NO. The first-order valence-corrected chi connectivity index (χ1v) is 17.8. The maximum Gasteiger partial charge on any atom is 0.143 e. The number of benzene rings is 9. The zero-order valence-electron chi connectivity index (χ0n) is 28.4. The Hall–Kier alpha value is -6.90. The summed E-state index contributed by atoms with van der Waals surface area (Å²) in [5.74, 6) is 0. The molecule has 2 heteroatoms. The monoisotopic (exact) mass is 663 g/mol. The van der Waals surface area contributed by atoms with E-state index in [-0.39, 0.29) is 0 Å². The number of fused-ring (bicyclic) bond motifs is 6. The van der Waals surface area contributed by atoms with Crippen molar-refractivity contribution in [3.05, 3.63) is 200 Å². The van der Waals surface area contributed by atoms with Gasteiger partial charge in [-0.05, 0) is 98.1 Å². The van der Waals surface area contributed by atoms with E-state index in [1.165, 1.54) is 38.4 Å². The van der Waals surface area contributed by atoms with Crippen LogP contribution in [0.5, 0.6) is 0 Å². The summed E-state index contributed by atoms with van der Waals surface area (Å²) in [6.45, 7) is 0. The van der Waals surface area contributed by atoms with Gasteiger partial charge in [-0.3, -0.25) is 0 Å². The van der Waals surface area contributed by atoms with Gasteiger partial charge in [-0.2, -0.15) is 0 Å². The van der Waals surface area contributed by atoms with Crippen molar-refractivity contribution in [3.8, 4) is 33.4 Å². The van der Waals surface area contributed by atoms with Crippen molar-refractivity contribution in [1.82, 2.24) is 0 Å². The fourth-order valence-electron chi connectivity index (χ4n) is 7.78. The largest absolute Gasteiger partial charge is 0.455 e.